The molecule has 0 aliphatic carbocycles. The van der Waals surface area contributed by atoms with Crippen molar-refractivity contribution >= 4 is 35.5 Å². The molecule has 0 aromatic heterocycles. The van der Waals surface area contributed by atoms with Gasteiger partial charge in [0.2, 0.25) is 0 Å². The molecule has 0 saturated heterocycles. The number of hydrogen-bond acceptors (Lipinski definition) is 2. The number of rotatable bonds is 6. The molecule has 3 heteroatoms. The van der Waals surface area contributed by atoms with E-state index in [1.807, 2.05) is 37.3 Å². The Morgan fingerprint density at radius 2 is 1.88 bits per heavy atom. The van der Waals surface area contributed by atoms with E-state index in [9.17, 15) is 4.79 Å². The Morgan fingerprint density at radius 3 is 2.41 bits per heavy atom. The summed E-state index contributed by atoms with van der Waals surface area (Å²) in [5, 5.41) is 0. The molecule has 89 valence electrons. The number of carbonyl (C=O) groups excluding carboxylic acids is 1. The maximum Gasteiger partial charge on any atom is 0.314 e. The minimum Gasteiger partial charge on any atom is -0.426 e. The topological polar surface area (TPSA) is 26.3 Å². The second-order valence-electron chi connectivity index (χ2n) is 3.98. The van der Waals surface area contributed by atoms with Gasteiger partial charge in [0.05, 0.1) is 5.92 Å². The molecular weight excluding hydrogens is 223 g/mol. The minimum absolute atomic E-state index is 0. The van der Waals surface area contributed by atoms with Gasteiger partial charge in [0.15, 0.2) is 0 Å². The van der Waals surface area contributed by atoms with Gasteiger partial charge in [-0.2, -0.15) is 0 Å². The Labute approximate surface area is 126 Å². The number of para-hydroxylation sites is 1. The third kappa shape index (κ3) is 6.25. The summed E-state index contributed by atoms with van der Waals surface area (Å²) in [6.07, 6.45) is 3.99. The number of hydrogen-bond donors (Lipinski definition) is 0. The normalized spacial score (nSPS) is 11.4. The molecule has 0 aliphatic rings. The van der Waals surface area contributed by atoms with Crippen LogP contribution in [0.25, 0.3) is 0 Å². The van der Waals surface area contributed by atoms with Crippen LogP contribution in [0.4, 0.5) is 0 Å². The van der Waals surface area contributed by atoms with Gasteiger partial charge in [-0.25, -0.2) is 0 Å². The summed E-state index contributed by atoms with van der Waals surface area (Å²) < 4.78 is 5.33. The van der Waals surface area contributed by atoms with Crippen LogP contribution in [0.5, 0.6) is 5.75 Å². The summed E-state index contributed by atoms with van der Waals surface area (Å²) in [4.78, 5) is 11.8. The molecule has 0 N–H and O–H groups in total. The van der Waals surface area contributed by atoms with Crippen LogP contribution < -0.4 is 4.74 Å². The molecule has 2 nitrogen and oxygen atoms in total. The predicted molar refractivity (Wildman–Crippen MR) is 71.1 cm³/mol. The van der Waals surface area contributed by atoms with E-state index in [-0.39, 0.29) is 41.4 Å². The molecule has 0 aliphatic heterocycles. The van der Waals surface area contributed by atoms with Crippen molar-refractivity contribution < 1.29 is 9.53 Å². The van der Waals surface area contributed by atoms with Crippen LogP contribution in [0.2, 0.25) is 0 Å². The first kappa shape index (κ1) is 16.7. The Kier molecular flexibility index (Phi) is 9.52. The first-order valence-corrected chi connectivity index (χ1v) is 6.04. The fraction of sp³-hybridized carbons (Fsp3) is 0.500. The summed E-state index contributed by atoms with van der Waals surface area (Å²) in [7, 11) is 0. The molecule has 1 aromatic carbocycles. The molecule has 0 saturated carbocycles. The van der Waals surface area contributed by atoms with Crippen LogP contribution in [0, 0.1) is 5.92 Å². The van der Waals surface area contributed by atoms with E-state index >= 15 is 0 Å². The fourth-order valence-corrected chi connectivity index (χ4v) is 1.63. The molecule has 0 bridgehead atoms. The van der Waals surface area contributed by atoms with Crippen molar-refractivity contribution in [2.45, 2.75) is 39.5 Å². The molecule has 1 radical (unpaired) electrons. The Morgan fingerprint density at radius 1 is 1.24 bits per heavy atom. The average molecular weight is 243 g/mol. The van der Waals surface area contributed by atoms with Crippen LogP contribution in [0.15, 0.2) is 30.3 Å². The molecule has 1 unspecified atom stereocenters. The molecule has 1 aromatic rings. The van der Waals surface area contributed by atoms with Gasteiger partial charge in [-0.3, -0.25) is 4.79 Å². The molecule has 0 spiro atoms. The number of carbonyl (C=O) groups is 1. The van der Waals surface area contributed by atoms with Gasteiger partial charge in [0.1, 0.15) is 5.75 Å². The number of esters is 1. The van der Waals surface area contributed by atoms with E-state index < -0.39 is 0 Å². The fourth-order valence-electron chi connectivity index (χ4n) is 1.63. The molecule has 1 rings (SSSR count). The predicted octanol–water partition coefficient (Wildman–Crippen LogP) is 3.43. The van der Waals surface area contributed by atoms with Crippen molar-refractivity contribution in [2.24, 2.45) is 5.92 Å². The summed E-state index contributed by atoms with van der Waals surface area (Å²) in [5.41, 5.74) is 0. The van der Waals surface area contributed by atoms with E-state index in [0.29, 0.717) is 5.75 Å². The van der Waals surface area contributed by atoms with Gasteiger partial charge in [-0.1, -0.05) is 44.9 Å². The van der Waals surface area contributed by atoms with E-state index in [1.54, 1.807) is 0 Å². The van der Waals surface area contributed by atoms with Crippen molar-refractivity contribution in [2.75, 3.05) is 0 Å². The average Bonchev–Trinajstić information content (AvgIpc) is 2.31. The van der Waals surface area contributed by atoms with E-state index in [1.165, 1.54) is 0 Å². The van der Waals surface area contributed by atoms with Crippen molar-refractivity contribution in [1.29, 1.82) is 0 Å². The van der Waals surface area contributed by atoms with Crippen LogP contribution in [0.1, 0.15) is 39.5 Å². The van der Waals surface area contributed by atoms with Crippen molar-refractivity contribution in [1.82, 2.24) is 0 Å². The third-order valence-electron chi connectivity index (χ3n) is 2.69. The van der Waals surface area contributed by atoms with Gasteiger partial charge in [-0.05, 0) is 25.0 Å². The van der Waals surface area contributed by atoms with Crippen LogP contribution >= 0.6 is 0 Å². The summed E-state index contributed by atoms with van der Waals surface area (Å²) in [5.74, 6) is 0.588. The summed E-state index contributed by atoms with van der Waals surface area (Å²) in [6.45, 7) is 4.17. The summed E-state index contributed by atoms with van der Waals surface area (Å²) >= 11 is 0. The second-order valence-corrected chi connectivity index (χ2v) is 3.98. The van der Waals surface area contributed by atoms with Crippen LogP contribution in [-0.2, 0) is 4.79 Å². The quantitative estimate of drug-likeness (QED) is 0.434. The minimum atomic E-state index is -0.0952. The molecular formula is C14H20NaO2. The molecule has 17 heavy (non-hydrogen) atoms. The van der Waals surface area contributed by atoms with E-state index in [0.717, 1.165) is 25.7 Å². The molecule has 0 fully saturated rings. The SMILES string of the molecule is CCCCC(CC)C(=O)Oc1ccccc1.[Na]. The monoisotopic (exact) mass is 243 g/mol. The smallest absolute Gasteiger partial charge is 0.314 e. The zero-order valence-corrected chi connectivity index (χ0v) is 13.1. The number of unbranched alkanes of at least 4 members (excludes halogenated alkanes) is 1. The Balaban J connectivity index is 0.00000256. The third-order valence-corrected chi connectivity index (χ3v) is 2.69. The maximum atomic E-state index is 11.8. The van der Waals surface area contributed by atoms with Crippen molar-refractivity contribution in [3.05, 3.63) is 30.3 Å². The number of ether oxygens (including phenoxy) is 1. The first-order valence-electron chi connectivity index (χ1n) is 6.04. The summed E-state index contributed by atoms with van der Waals surface area (Å²) in [6, 6.07) is 9.27. The van der Waals surface area contributed by atoms with Crippen LogP contribution in [-0.4, -0.2) is 35.5 Å². The molecule has 0 heterocycles. The molecule has 0 amide bonds. The number of benzene rings is 1. The zero-order chi connectivity index (χ0) is 11.8. The van der Waals surface area contributed by atoms with Gasteiger partial charge >= 0.3 is 5.97 Å². The van der Waals surface area contributed by atoms with Crippen molar-refractivity contribution in [3.63, 3.8) is 0 Å². The van der Waals surface area contributed by atoms with Gasteiger partial charge < -0.3 is 4.74 Å². The zero-order valence-electron chi connectivity index (χ0n) is 11.1. The first-order chi connectivity index (χ1) is 7.77. The second kappa shape index (κ2) is 9.69. The maximum absolute atomic E-state index is 11.8. The van der Waals surface area contributed by atoms with Crippen molar-refractivity contribution in [3.8, 4) is 5.75 Å². The van der Waals surface area contributed by atoms with E-state index in [2.05, 4.69) is 6.92 Å². The van der Waals surface area contributed by atoms with Gasteiger partial charge in [0, 0.05) is 29.6 Å². The standard InChI is InChI=1S/C14H20O2.Na/c1-3-5-9-12(4-2)14(15)16-13-10-7-6-8-11-13;/h6-8,10-12H,3-5,9H2,1-2H3;. The Bertz CT molecular complexity index is 311. The van der Waals surface area contributed by atoms with Gasteiger partial charge in [0.25, 0.3) is 0 Å². The Hall–Kier alpha value is -0.310. The van der Waals surface area contributed by atoms with E-state index in [4.69, 9.17) is 4.74 Å². The largest absolute Gasteiger partial charge is 0.426 e. The van der Waals surface area contributed by atoms with Gasteiger partial charge in [-0.15, -0.1) is 0 Å². The van der Waals surface area contributed by atoms with Crippen LogP contribution in [0.3, 0.4) is 0 Å². The molecule has 1 atom stereocenters.